The zero-order valence-electron chi connectivity index (χ0n) is 13.9. The van der Waals surface area contributed by atoms with Gasteiger partial charge in [0, 0.05) is 31.2 Å². The van der Waals surface area contributed by atoms with Crippen LogP contribution in [0.5, 0.6) is 0 Å². The van der Waals surface area contributed by atoms with Gasteiger partial charge in [-0.1, -0.05) is 20.8 Å². The Bertz CT molecular complexity index is 476. The van der Waals surface area contributed by atoms with Gasteiger partial charge in [0.25, 0.3) is 0 Å². The molecule has 1 fully saturated rings. The van der Waals surface area contributed by atoms with Crippen LogP contribution < -0.4 is 10.6 Å². The van der Waals surface area contributed by atoms with Gasteiger partial charge in [-0.05, 0) is 26.7 Å². The van der Waals surface area contributed by atoms with E-state index in [2.05, 4.69) is 55.2 Å². The van der Waals surface area contributed by atoms with Crippen molar-refractivity contribution in [3.8, 4) is 0 Å². The Hall–Kier alpha value is -1.36. The highest BCUT2D eigenvalue weighted by Gasteiger charge is 2.29. The molecule has 21 heavy (non-hydrogen) atoms. The average Bonchev–Trinajstić information content (AvgIpc) is 2.83. The zero-order chi connectivity index (χ0) is 15.5. The van der Waals surface area contributed by atoms with E-state index in [1.807, 2.05) is 6.07 Å². The predicted octanol–water partition coefficient (Wildman–Crippen LogP) is 3.19. The van der Waals surface area contributed by atoms with Crippen LogP contribution in [-0.2, 0) is 10.2 Å². The summed E-state index contributed by atoms with van der Waals surface area (Å²) in [6.45, 7) is 13.1. The first-order valence-corrected chi connectivity index (χ1v) is 7.84. The van der Waals surface area contributed by atoms with E-state index in [0.717, 1.165) is 50.0 Å². The third kappa shape index (κ3) is 4.30. The predicted molar refractivity (Wildman–Crippen MR) is 87.0 cm³/mol. The Morgan fingerprint density at radius 3 is 2.43 bits per heavy atom. The lowest BCUT2D eigenvalue weighted by Gasteiger charge is -2.25. The molecule has 1 aliphatic heterocycles. The minimum absolute atomic E-state index is 0.0738. The quantitative estimate of drug-likeness (QED) is 0.873. The van der Waals surface area contributed by atoms with Gasteiger partial charge in [0.1, 0.15) is 17.5 Å². The number of aromatic nitrogens is 2. The normalized spacial score (nSPS) is 22.3. The number of rotatable bonds is 5. The van der Waals surface area contributed by atoms with Gasteiger partial charge in [-0.25, -0.2) is 9.97 Å². The largest absolute Gasteiger partial charge is 0.373 e. The van der Waals surface area contributed by atoms with Crippen LogP contribution >= 0.6 is 0 Å². The Morgan fingerprint density at radius 1 is 1.24 bits per heavy atom. The van der Waals surface area contributed by atoms with Crippen LogP contribution in [0.15, 0.2) is 6.07 Å². The van der Waals surface area contributed by atoms with Crippen molar-refractivity contribution in [1.82, 2.24) is 9.97 Å². The summed E-state index contributed by atoms with van der Waals surface area (Å²) >= 11 is 0. The summed E-state index contributed by atoms with van der Waals surface area (Å²) in [5.74, 6) is 2.58. The summed E-state index contributed by atoms with van der Waals surface area (Å²) in [4.78, 5) is 9.26. The molecule has 0 amide bonds. The van der Waals surface area contributed by atoms with Gasteiger partial charge in [0.2, 0.25) is 0 Å². The molecule has 1 saturated heterocycles. The molecular weight excluding hydrogens is 264 g/mol. The molecule has 2 heterocycles. The van der Waals surface area contributed by atoms with Crippen LogP contribution in [0.25, 0.3) is 0 Å². The number of ether oxygens (including phenoxy) is 1. The standard InChI is InChI=1S/C16H28N4O/c1-6-17-12-10-13(20-14(19-12)15(2,3)4)18-11-16(5)8-7-9-21-16/h10H,6-9,11H2,1-5H3,(H2,17,18,19,20). The minimum atomic E-state index is -0.0782. The zero-order valence-corrected chi connectivity index (χ0v) is 13.9. The number of hydrogen-bond acceptors (Lipinski definition) is 5. The molecule has 1 atom stereocenters. The van der Waals surface area contributed by atoms with E-state index in [1.54, 1.807) is 0 Å². The second-order valence-corrected chi connectivity index (χ2v) is 7.00. The molecule has 118 valence electrons. The first kappa shape index (κ1) is 16.0. The molecule has 0 spiro atoms. The van der Waals surface area contributed by atoms with E-state index in [4.69, 9.17) is 4.74 Å². The highest BCUT2D eigenvalue weighted by atomic mass is 16.5. The summed E-state index contributed by atoms with van der Waals surface area (Å²) < 4.78 is 5.82. The SMILES string of the molecule is CCNc1cc(NCC2(C)CCCO2)nc(C(C)(C)C)n1. The van der Waals surface area contributed by atoms with E-state index < -0.39 is 0 Å². The monoisotopic (exact) mass is 292 g/mol. The number of nitrogens with zero attached hydrogens (tertiary/aromatic N) is 2. The van der Waals surface area contributed by atoms with Crippen LogP contribution in [-0.4, -0.2) is 35.3 Å². The van der Waals surface area contributed by atoms with Gasteiger partial charge in [-0.3, -0.25) is 0 Å². The molecule has 1 aromatic heterocycles. The molecule has 2 rings (SSSR count). The lowest BCUT2D eigenvalue weighted by Crippen LogP contribution is -2.33. The Kier molecular flexibility index (Phi) is 4.71. The molecule has 5 nitrogen and oxygen atoms in total. The van der Waals surface area contributed by atoms with E-state index >= 15 is 0 Å². The molecule has 1 unspecified atom stereocenters. The third-order valence-corrected chi connectivity index (χ3v) is 3.70. The topological polar surface area (TPSA) is 59.1 Å². The van der Waals surface area contributed by atoms with Crippen LogP contribution in [0.4, 0.5) is 11.6 Å². The van der Waals surface area contributed by atoms with Crippen LogP contribution in [0.3, 0.4) is 0 Å². The molecule has 1 aromatic rings. The first-order valence-electron chi connectivity index (χ1n) is 7.84. The summed E-state index contributed by atoms with van der Waals surface area (Å²) in [6, 6.07) is 1.97. The molecule has 0 radical (unpaired) electrons. The molecule has 0 saturated carbocycles. The Balaban J connectivity index is 2.15. The summed E-state index contributed by atoms with van der Waals surface area (Å²) in [5, 5.41) is 6.70. The highest BCUT2D eigenvalue weighted by molar-refractivity contribution is 5.48. The molecular formula is C16H28N4O. The smallest absolute Gasteiger partial charge is 0.138 e. The van der Waals surface area contributed by atoms with Gasteiger partial charge < -0.3 is 15.4 Å². The van der Waals surface area contributed by atoms with Gasteiger partial charge in [-0.2, -0.15) is 0 Å². The van der Waals surface area contributed by atoms with Crippen molar-refractivity contribution >= 4 is 11.6 Å². The number of hydrogen-bond donors (Lipinski definition) is 2. The molecule has 0 bridgehead atoms. The average molecular weight is 292 g/mol. The number of anilines is 2. The van der Waals surface area contributed by atoms with Crippen molar-refractivity contribution in [3.05, 3.63) is 11.9 Å². The molecule has 2 N–H and O–H groups in total. The number of nitrogens with one attached hydrogen (secondary N) is 2. The maximum atomic E-state index is 5.82. The van der Waals surface area contributed by atoms with Crippen molar-refractivity contribution in [2.24, 2.45) is 0 Å². The fourth-order valence-corrected chi connectivity index (χ4v) is 2.40. The van der Waals surface area contributed by atoms with Gasteiger partial charge in [0.05, 0.1) is 5.60 Å². The summed E-state index contributed by atoms with van der Waals surface area (Å²) in [5.41, 5.74) is -0.152. The van der Waals surface area contributed by atoms with E-state index in [1.165, 1.54) is 0 Å². The Morgan fingerprint density at radius 2 is 1.90 bits per heavy atom. The lowest BCUT2D eigenvalue weighted by molar-refractivity contribution is 0.0314. The fraction of sp³-hybridized carbons (Fsp3) is 0.750. The second kappa shape index (κ2) is 6.18. The van der Waals surface area contributed by atoms with Crippen molar-refractivity contribution in [2.75, 3.05) is 30.3 Å². The third-order valence-electron chi connectivity index (χ3n) is 3.70. The van der Waals surface area contributed by atoms with Crippen molar-refractivity contribution in [3.63, 3.8) is 0 Å². The van der Waals surface area contributed by atoms with Crippen LogP contribution in [0.1, 0.15) is 53.3 Å². The van der Waals surface area contributed by atoms with E-state index in [-0.39, 0.29) is 11.0 Å². The first-order chi connectivity index (χ1) is 9.82. The highest BCUT2D eigenvalue weighted by Crippen LogP contribution is 2.26. The minimum Gasteiger partial charge on any atom is -0.373 e. The van der Waals surface area contributed by atoms with E-state index in [9.17, 15) is 0 Å². The van der Waals surface area contributed by atoms with Crippen molar-refractivity contribution < 1.29 is 4.74 Å². The maximum absolute atomic E-state index is 5.82. The molecule has 5 heteroatoms. The fourth-order valence-electron chi connectivity index (χ4n) is 2.40. The molecule has 0 aromatic carbocycles. The van der Waals surface area contributed by atoms with Crippen molar-refractivity contribution in [2.45, 2.75) is 58.5 Å². The molecule has 0 aliphatic carbocycles. The Labute approximate surface area is 127 Å². The lowest BCUT2D eigenvalue weighted by atomic mass is 9.96. The van der Waals surface area contributed by atoms with E-state index in [0.29, 0.717) is 0 Å². The van der Waals surface area contributed by atoms with Gasteiger partial charge >= 0.3 is 0 Å². The second-order valence-electron chi connectivity index (χ2n) is 7.00. The van der Waals surface area contributed by atoms with Crippen LogP contribution in [0.2, 0.25) is 0 Å². The van der Waals surface area contributed by atoms with Gasteiger partial charge in [0.15, 0.2) is 0 Å². The molecule has 1 aliphatic rings. The maximum Gasteiger partial charge on any atom is 0.138 e. The van der Waals surface area contributed by atoms with Crippen molar-refractivity contribution in [1.29, 1.82) is 0 Å². The van der Waals surface area contributed by atoms with Gasteiger partial charge in [-0.15, -0.1) is 0 Å². The van der Waals surface area contributed by atoms with Crippen LogP contribution in [0, 0.1) is 0 Å². The summed E-state index contributed by atoms with van der Waals surface area (Å²) in [7, 11) is 0. The summed E-state index contributed by atoms with van der Waals surface area (Å²) in [6.07, 6.45) is 2.23.